The predicted octanol–water partition coefficient (Wildman–Crippen LogP) is 5.96. The van der Waals surface area contributed by atoms with Gasteiger partial charge in [0, 0.05) is 18.0 Å². The van der Waals surface area contributed by atoms with Crippen LogP contribution in [0, 0.1) is 11.3 Å². The van der Waals surface area contributed by atoms with Gasteiger partial charge in [-0.1, -0.05) is 49.2 Å². The number of hydrogen-bond donors (Lipinski definition) is 1. The van der Waals surface area contributed by atoms with Crippen LogP contribution < -0.4 is 4.74 Å². The first-order valence-electron chi connectivity index (χ1n) is 13.2. The Morgan fingerprint density at radius 1 is 1.14 bits per heavy atom. The molecule has 1 amide bonds. The fraction of sp³-hybridized carbons (Fsp3) is 0.533. The van der Waals surface area contributed by atoms with Crippen molar-refractivity contribution in [1.82, 2.24) is 4.90 Å². The van der Waals surface area contributed by atoms with E-state index in [0.29, 0.717) is 19.1 Å². The summed E-state index contributed by atoms with van der Waals surface area (Å²) in [6, 6.07) is 16.2. The number of carbonyl (C=O) groups excluding carboxylic acids is 1. The van der Waals surface area contributed by atoms with E-state index in [2.05, 4.69) is 12.1 Å². The van der Waals surface area contributed by atoms with Gasteiger partial charge in [-0.2, -0.15) is 0 Å². The lowest BCUT2D eigenvalue weighted by Gasteiger charge is -2.58. The van der Waals surface area contributed by atoms with Gasteiger partial charge >= 0.3 is 12.1 Å². The van der Waals surface area contributed by atoms with Crippen LogP contribution in [-0.4, -0.2) is 40.8 Å². The molecule has 0 radical (unpaired) electrons. The molecule has 1 N–H and O–H groups in total. The van der Waals surface area contributed by atoms with Crippen LogP contribution >= 0.6 is 0 Å². The molecule has 6 nitrogen and oxygen atoms in total. The molecule has 2 fully saturated rings. The topological polar surface area (TPSA) is 76.1 Å². The molecule has 2 aliphatic carbocycles. The summed E-state index contributed by atoms with van der Waals surface area (Å²) < 4.78 is 11.9. The number of ether oxygens (including phenoxy) is 2. The Bertz CT molecular complexity index is 1130. The summed E-state index contributed by atoms with van der Waals surface area (Å²) >= 11 is 0. The van der Waals surface area contributed by atoms with E-state index in [1.165, 1.54) is 24.0 Å². The van der Waals surface area contributed by atoms with Gasteiger partial charge in [0.1, 0.15) is 18.5 Å². The van der Waals surface area contributed by atoms with Gasteiger partial charge in [-0.3, -0.25) is 4.79 Å². The Hall–Kier alpha value is -3.02. The van der Waals surface area contributed by atoms with Gasteiger partial charge in [-0.05, 0) is 81.2 Å². The minimum Gasteiger partial charge on any atom is -0.490 e. The van der Waals surface area contributed by atoms with Crippen molar-refractivity contribution in [2.45, 2.75) is 83.5 Å². The van der Waals surface area contributed by atoms with Crippen LogP contribution in [0.2, 0.25) is 0 Å². The van der Waals surface area contributed by atoms with Crippen molar-refractivity contribution in [3.8, 4) is 5.75 Å². The molecule has 1 heterocycles. The Morgan fingerprint density at radius 2 is 1.92 bits per heavy atom. The first kappa shape index (κ1) is 24.7. The molecule has 2 aromatic rings. The van der Waals surface area contributed by atoms with Crippen LogP contribution in [0.4, 0.5) is 4.79 Å². The van der Waals surface area contributed by atoms with Crippen molar-refractivity contribution >= 4 is 12.1 Å². The highest BCUT2D eigenvalue weighted by Gasteiger charge is 2.55. The van der Waals surface area contributed by atoms with E-state index in [1.807, 2.05) is 48.2 Å². The lowest BCUT2D eigenvalue weighted by Crippen LogP contribution is -2.62. The molecule has 1 saturated heterocycles. The Labute approximate surface area is 213 Å². The minimum absolute atomic E-state index is 0.0393. The van der Waals surface area contributed by atoms with Crippen LogP contribution in [0.5, 0.6) is 5.75 Å². The van der Waals surface area contributed by atoms with Crippen LogP contribution in [0.25, 0.3) is 0 Å². The van der Waals surface area contributed by atoms with Crippen LogP contribution in [-0.2, 0) is 28.0 Å². The minimum atomic E-state index is -0.988. The molecule has 2 bridgehead atoms. The van der Waals surface area contributed by atoms with Gasteiger partial charge in [0.2, 0.25) is 0 Å². The average molecular weight is 492 g/mol. The molecule has 36 heavy (non-hydrogen) atoms. The molecule has 0 aromatic heterocycles. The highest BCUT2D eigenvalue weighted by Crippen LogP contribution is 2.56. The number of carboxylic acids is 1. The Balaban J connectivity index is 1.39. The molecule has 4 atom stereocenters. The van der Waals surface area contributed by atoms with Crippen LogP contribution in [0.3, 0.4) is 0 Å². The van der Waals surface area contributed by atoms with Crippen molar-refractivity contribution in [2.24, 2.45) is 11.3 Å². The summed E-state index contributed by atoms with van der Waals surface area (Å²) in [4.78, 5) is 26.9. The standard InChI is InChI=1S/C30H37NO5/c1-20(29(2,3)27(32)33)36-23-13-12-22-17-26-24-11-7-8-14-30(24,25(22)18-23)15-16-31(26)28(34)35-19-21-9-5-4-6-10-21/h4-6,9-10,12-13,18,20,24,26H,7-8,11,14-17,19H2,1-3H3,(H,32,33)/t20?,24-,26+,30+/m0/s1. The number of nitrogens with zero attached hydrogens (tertiary/aromatic N) is 1. The van der Waals surface area contributed by atoms with Crippen molar-refractivity contribution in [2.75, 3.05) is 6.54 Å². The number of benzene rings is 2. The predicted molar refractivity (Wildman–Crippen MR) is 137 cm³/mol. The largest absolute Gasteiger partial charge is 0.490 e. The van der Waals surface area contributed by atoms with Crippen molar-refractivity contribution in [3.05, 3.63) is 65.2 Å². The monoisotopic (exact) mass is 491 g/mol. The molecule has 1 saturated carbocycles. The number of carboxylic acid groups (broad SMARTS) is 1. The van der Waals surface area contributed by atoms with E-state index in [1.54, 1.807) is 13.8 Å². The molecule has 0 spiro atoms. The zero-order chi connectivity index (χ0) is 25.5. The number of hydrogen-bond acceptors (Lipinski definition) is 4. The summed E-state index contributed by atoms with van der Waals surface area (Å²) in [6.07, 6.45) is 5.66. The third kappa shape index (κ3) is 4.25. The third-order valence-corrected chi connectivity index (χ3v) is 9.13. The number of aliphatic carboxylic acids is 1. The van der Waals surface area contributed by atoms with Gasteiger partial charge in [0.05, 0.1) is 5.41 Å². The van der Waals surface area contributed by atoms with Crippen LogP contribution in [0.15, 0.2) is 48.5 Å². The lowest BCUT2D eigenvalue weighted by molar-refractivity contribution is -0.151. The molecule has 1 aliphatic heterocycles. The van der Waals surface area contributed by atoms with E-state index in [4.69, 9.17) is 9.47 Å². The quantitative estimate of drug-likeness (QED) is 0.540. The summed E-state index contributed by atoms with van der Waals surface area (Å²) in [5, 5.41) is 9.60. The molecule has 3 aliphatic rings. The summed E-state index contributed by atoms with van der Waals surface area (Å²) in [7, 11) is 0. The highest BCUT2D eigenvalue weighted by atomic mass is 16.6. The van der Waals surface area contributed by atoms with E-state index < -0.39 is 17.5 Å². The molecule has 5 rings (SSSR count). The maximum Gasteiger partial charge on any atom is 0.410 e. The van der Waals surface area contributed by atoms with E-state index in [-0.39, 0.29) is 17.6 Å². The average Bonchev–Trinajstić information content (AvgIpc) is 2.88. The zero-order valence-electron chi connectivity index (χ0n) is 21.5. The Kier molecular flexibility index (Phi) is 6.48. The van der Waals surface area contributed by atoms with Crippen molar-refractivity contribution in [1.29, 1.82) is 0 Å². The number of piperidine rings is 1. The maximum atomic E-state index is 13.2. The molecular formula is C30H37NO5. The van der Waals surface area contributed by atoms with E-state index >= 15 is 0 Å². The first-order chi connectivity index (χ1) is 17.2. The van der Waals surface area contributed by atoms with Crippen molar-refractivity contribution < 1.29 is 24.2 Å². The molecule has 1 unspecified atom stereocenters. The fourth-order valence-corrected chi connectivity index (χ4v) is 6.61. The number of carbonyl (C=O) groups is 2. The number of fused-ring (bicyclic) bond motifs is 1. The second-order valence-electron chi connectivity index (χ2n) is 11.4. The second kappa shape index (κ2) is 9.45. The van der Waals surface area contributed by atoms with Gasteiger partial charge in [-0.25, -0.2) is 4.79 Å². The number of rotatable bonds is 6. The molecular weight excluding hydrogens is 454 g/mol. The second-order valence-corrected chi connectivity index (χ2v) is 11.4. The number of amides is 1. The summed E-state index contributed by atoms with van der Waals surface area (Å²) in [5.41, 5.74) is 2.67. The van der Waals surface area contributed by atoms with Gasteiger partial charge in [-0.15, -0.1) is 0 Å². The first-order valence-corrected chi connectivity index (χ1v) is 13.2. The van der Waals surface area contributed by atoms with E-state index in [9.17, 15) is 14.7 Å². The van der Waals surface area contributed by atoms with Crippen LogP contribution in [0.1, 0.15) is 69.6 Å². The summed E-state index contributed by atoms with van der Waals surface area (Å²) in [6.45, 7) is 6.21. The third-order valence-electron chi connectivity index (χ3n) is 9.13. The molecule has 192 valence electrons. The van der Waals surface area contributed by atoms with E-state index in [0.717, 1.165) is 37.0 Å². The summed E-state index contributed by atoms with van der Waals surface area (Å²) in [5.74, 6) is 0.269. The van der Waals surface area contributed by atoms with Gasteiger partial charge < -0.3 is 19.5 Å². The molecule has 6 heteroatoms. The SMILES string of the molecule is CC(Oc1ccc2c(c1)[C@@]13CCCC[C@H]1[C@@H](C2)N(C(=O)OCc1ccccc1)CC3)C(C)(C)C(=O)O. The maximum absolute atomic E-state index is 13.2. The van der Waals surface area contributed by atoms with Gasteiger partial charge in [0.25, 0.3) is 0 Å². The van der Waals surface area contributed by atoms with Crippen molar-refractivity contribution in [3.63, 3.8) is 0 Å². The zero-order valence-corrected chi connectivity index (χ0v) is 21.5. The fourth-order valence-electron chi connectivity index (χ4n) is 6.61. The number of likely N-dealkylation sites (tertiary alicyclic amines) is 1. The molecule has 2 aromatic carbocycles. The lowest BCUT2D eigenvalue weighted by atomic mass is 9.52. The highest BCUT2D eigenvalue weighted by molar-refractivity contribution is 5.74. The normalized spacial score (nSPS) is 25.8. The smallest absolute Gasteiger partial charge is 0.410 e. The Morgan fingerprint density at radius 3 is 2.67 bits per heavy atom. The van der Waals surface area contributed by atoms with Gasteiger partial charge in [0.15, 0.2) is 0 Å².